The van der Waals surface area contributed by atoms with Crippen LogP contribution < -0.4 is 9.64 Å². The summed E-state index contributed by atoms with van der Waals surface area (Å²) in [5.74, 6) is 1.14. The topological polar surface area (TPSA) is 53.0 Å². The number of hydrogen-bond donors (Lipinski definition) is 1. The molecule has 5 heteroatoms. The lowest BCUT2D eigenvalue weighted by atomic mass is 9.51. The zero-order chi connectivity index (χ0) is 25.9. The van der Waals surface area contributed by atoms with Crippen molar-refractivity contribution < 1.29 is 14.6 Å². The summed E-state index contributed by atoms with van der Waals surface area (Å²) in [5, 5.41) is 12.0. The predicted octanol–water partition coefficient (Wildman–Crippen LogP) is 5.45. The predicted molar refractivity (Wildman–Crippen MR) is 148 cm³/mol. The average molecular weight is 509 g/mol. The molecule has 38 heavy (non-hydrogen) atoms. The van der Waals surface area contributed by atoms with E-state index in [1.807, 2.05) is 24.3 Å². The van der Waals surface area contributed by atoms with E-state index in [4.69, 9.17) is 4.74 Å². The molecule has 196 valence electrons. The minimum absolute atomic E-state index is 0.0543. The van der Waals surface area contributed by atoms with Gasteiger partial charge in [0.2, 0.25) is 5.91 Å². The number of hydrogen-bond acceptors (Lipinski definition) is 4. The van der Waals surface area contributed by atoms with Crippen LogP contribution in [0, 0.1) is 5.41 Å². The van der Waals surface area contributed by atoms with E-state index in [-0.39, 0.29) is 28.8 Å². The number of ether oxygens (including phenoxy) is 1. The van der Waals surface area contributed by atoms with Gasteiger partial charge in [-0.3, -0.25) is 4.79 Å². The van der Waals surface area contributed by atoms with E-state index in [0.29, 0.717) is 19.6 Å². The van der Waals surface area contributed by atoms with Crippen molar-refractivity contribution in [2.24, 2.45) is 5.41 Å². The molecule has 3 aromatic carbocycles. The second-order valence-corrected chi connectivity index (χ2v) is 11.8. The smallest absolute Gasteiger partial charge is 0.222 e. The van der Waals surface area contributed by atoms with Gasteiger partial charge in [0.1, 0.15) is 12.4 Å². The van der Waals surface area contributed by atoms with E-state index in [1.165, 1.54) is 11.1 Å². The minimum Gasteiger partial charge on any atom is -0.487 e. The van der Waals surface area contributed by atoms with Crippen molar-refractivity contribution in [3.8, 4) is 5.75 Å². The van der Waals surface area contributed by atoms with Crippen LogP contribution in [0.15, 0.2) is 78.9 Å². The molecule has 3 fully saturated rings. The summed E-state index contributed by atoms with van der Waals surface area (Å²) in [6.07, 6.45) is 3.59. The highest BCUT2D eigenvalue weighted by atomic mass is 16.5. The van der Waals surface area contributed by atoms with Crippen LogP contribution in [0.3, 0.4) is 0 Å². The monoisotopic (exact) mass is 508 g/mol. The van der Waals surface area contributed by atoms with Crippen LogP contribution in [0.25, 0.3) is 0 Å². The van der Waals surface area contributed by atoms with Gasteiger partial charge >= 0.3 is 0 Å². The first-order valence-electron chi connectivity index (χ1n) is 14.2. The Bertz CT molecular complexity index is 1340. The number of aliphatic hydroxyl groups is 1. The largest absolute Gasteiger partial charge is 0.487 e. The molecule has 2 saturated heterocycles. The molecule has 1 aliphatic carbocycles. The lowest BCUT2D eigenvalue weighted by Crippen LogP contribution is -2.69. The molecule has 1 saturated carbocycles. The molecule has 0 unspecified atom stereocenters. The Morgan fingerprint density at radius 3 is 2.42 bits per heavy atom. The van der Waals surface area contributed by atoms with Crippen LogP contribution in [0.2, 0.25) is 0 Å². The lowest BCUT2D eigenvalue weighted by Gasteiger charge is -2.59. The average Bonchev–Trinajstić information content (AvgIpc) is 3.49. The van der Waals surface area contributed by atoms with Crippen molar-refractivity contribution >= 4 is 11.6 Å². The molecular formula is C33H36N2O3. The van der Waals surface area contributed by atoms with Gasteiger partial charge in [0.05, 0.1) is 17.8 Å². The van der Waals surface area contributed by atoms with E-state index in [2.05, 4.69) is 71.3 Å². The number of para-hydroxylation sites is 1. The Kier molecular flexibility index (Phi) is 5.55. The number of benzene rings is 3. The van der Waals surface area contributed by atoms with Gasteiger partial charge in [-0.1, -0.05) is 79.7 Å². The van der Waals surface area contributed by atoms with E-state index >= 15 is 0 Å². The molecule has 0 aromatic heterocycles. The Morgan fingerprint density at radius 2 is 1.68 bits per heavy atom. The first-order chi connectivity index (χ1) is 18.6. The van der Waals surface area contributed by atoms with E-state index in [9.17, 15) is 9.90 Å². The zero-order valence-corrected chi connectivity index (χ0v) is 22.1. The third kappa shape index (κ3) is 3.30. The molecule has 1 N–H and O–H groups in total. The molecule has 3 heterocycles. The molecule has 3 aromatic rings. The summed E-state index contributed by atoms with van der Waals surface area (Å²) in [6.45, 7) is 4.21. The Morgan fingerprint density at radius 1 is 0.947 bits per heavy atom. The van der Waals surface area contributed by atoms with Crippen LogP contribution in [0.5, 0.6) is 5.75 Å². The highest BCUT2D eigenvalue weighted by molar-refractivity contribution is 5.81. The number of anilines is 1. The van der Waals surface area contributed by atoms with Gasteiger partial charge in [-0.05, 0) is 53.9 Å². The summed E-state index contributed by atoms with van der Waals surface area (Å²) in [4.78, 5) is 17.9. The summed E-state index contributed by atoms with van der Waals surface area (Å²) in [6, 6.07) is 27.3. The number of aliphatic hydroxyl groups excluding tert-OH is 1. The standard InChI is InChI=1S/C33H36N2O3/c1-2-32-17-16-28(37)34-19-18-33(31(32)34)25-14-9-15-27(38-22-24-12-7-4-8-13-24)29(25)35(30(33)26(36)20-32)21-23-10-5-3-6-11-23/h3-15,26,30-31,36H,2,16-22H2,1H3/t26-,30+,31+,32+,33+/m0/s1. The second-order valence-electron chi connectivity index (χ2n) is 11.8. The lowest BCUT2D eigenvalue weighted by molar-refractivity contribution is -0.150. The maximum atomic E-state index is 13.3. The fourth-order valence-corrected chi connectivity index (χ4v) is 8.61. The summed E-state index contributed by atoms with van der Waals surface area (Å²) >= 11 is 0. The van der Waals surface area contributed by atoms with Crippen LogP contribution in [0.1, 0.15) is 55.7 Å². The van der Waals surface area contributed by atoms with Crippen molar-refractivity contribution in [1.29, 1.82) is 0 Å². The summed E-state index contributed by atoms with van der Waals surface area (Å²) in [7, 11) is 0. The highest BCUT2D eigenvalue weighted by Gasteiger charge is 2.71. The molecule has 0 bridgehead atoms. The van der Waals surface area contributed by atoms with Crippen LogP contribution >= 0.6 is 0 Å². The maximum absolute atomic E-state index is 13.3. The van der Waals surface area contributed by atoms with Gasteiger partial charge in [0.25, 0.3) is 0 Å². The zero-order valence-electron chi connectivity index (χ0n) is 22.1. The van der Waals surface area contributed by atoms with Crippen molar-refractivity contribution in [2.45, 2.75) is 75.8 Å². The molecule has 7 rings (SSSR count). The van der Waals surface area contributed by atoms with Gasteiger partial charge < -0.3 is 19.6 Å². The molecular weight excluding hydrogens is 472 g/mol. The summed E-state index contributed by atoms with van der Waals surface area (Å²) < 4.78 is 6.55. The number of piperidine rings is 1. The molecule has 4 aliphatic rings. The van der Waals surface area contributed by atoms with Gasteiger partial charge in [-0.25, -0.2) is 0 Å². The molecule has 5 atom stereocenters. The van der Waals surface area contributed by atoms with Crippen LogP contribution in [0.4, 0.5) is 5.69 Å². The molecule has 5 nitrogen and oxygen atoms in total. The fraction of sp³-hybridized carbons (Fsp3) is 0.424. The number of amides is 1. The first kappa shape index (κ1) is 23.8. The maximum Gasteiger partial charge on any atom is 0.222 e. The quantitative estimate of drug-likeness (QED) is 0.481. The minimum atomic E-state index is -0.475. The van der Waals surface area contributed by atoms with Crippen LogP contribution in [-0.4, -0.2) is 40.6 Å². The van der Waals surface area contributed by atoms with Crippen molar-refractivity contribution in [1.82, 2.24) is 4.90 Å². The van der Waals surface area contributed by atoms with E-state index < -0.39 is 6.10 Å². The van der Waals surface area contributed by atoms with E-state index in [0.717, 1.165) is 49.2 Å². The van der Waals surface area contributed by atoms with Gasteiger partial charge in [-0.2, -0.15) is 0 Å². The van der Waals surface area contributed by atoms with Crippen LogP contribution in [-0.2, 0) is 23.4 Å². The fourth-order valence-electron chi connectivity index (χ4n) is 8.61. The number of carbonyl (C=O) groups excluding carboxylic acids is 1. The summed E-state index contributed by atoms with van der Waals surface area (Å²) in [5.41, 5.74) is 4.33. The van der Waals surface area contributed by atoms with Gasteiger partial charge in [0, 0.05) is 31.0 Å². The number of carbonyl (C=O) groups is 1. The number of nitrogens with zero attached hydrogens (tertiary/aromatic N) is 2. The number of fused-ring (bicyclic) bond motifs is 1. The Hall–Kier alpha value is -3.31. The first-order valence-corrected chi connectivity index (χ1v) is 14.2. The molecule has 1 spiro atoms. The van der Waals surface area contributed by atoms with Crippen molar-refractivity contribution in [3.63, 3.8) is 0 Å². The highest BCUT2D eigenvalue weighted by Crippen LogP contribution is 2.66. The molecule has 0 radical (unpaired) electrons. The molecule has 1 amide bonds. The number of rotatable bonds is 6. The van der Waals surface area contributed by atoms with Gasteiger partial charge in [0.15, 0.2) is 0 Å². The third-order valence-electron chi connectivity index (χ3n) is 10.1. The molecule has 3 aliphatic heterocycles. The Labute approximate surface area is 225 Å². The SMILES string of the molecule is CC[C@@]12CCC(=O)N3CC[C@]4(c5cccc(OCc6ccccc6)c5N(Cc5ccccc5)[C@@H]4[C@@H](O)C1)[C@H]32. The van der Waals surface area contributed by atoms with Crippen molar-refractivity contribution in [2.75, 3.05) is 11.4 Å². The van der Waals surface area contributed by atoms with E-state index in [1.54, 1.807) is 0 Å². The normalized spacial score (nSPS) is 31.1. The van der Waals surface area contributed by atoms with Crippen molar-refractivity contribution in [3.05, 3.63) is 95.6 Å². The van der Waals surface area contributed by atoms with Gasteiger partial charge in [-0.15, -0.1) is 0 Å². The second kappa shape index (κ2) is 8.88. The third-order valence-corrected chi connectivity index (χ3v) is 10.1. The Balaban J connectivity index is 1.39.